The zero-order chi connectivity index (χ0) is 12.7. The van der Waals surface area contributed by atoms with E-state index in [2.05, 4.69) is 5.32 Å². The van der Waals surface area contributed by atoms with Crippen LogP contribution in [0.15, 0.2) is 30.3 Å². The number of rotatable bonds is 6. The standard InChI is InChI=1S/C12H16N2O3/c1-14(9-12(16)17)8-11(15)13-7-10-5-3-2-4-6-10/h2-6H,7-9H2,1H3,(H,13,15)(H,16,17). The maximum atomic E-state index is 11.5. The molecule has 1 aromatic carbocycles. The lowest BCUT2D eigenvalue weighted by molar-refractivity contribution is -0.138. The van der Waals surface area contributed by atoms with Crippen molar-refractivity contribution in [2.75, 3.05) is 20.1 Å². The van der Waals surface area contributed by atoms with Gasteiger partial charge in [0, 0.05) is 6.54 Å². The van der Waals surface area contributed by atoms with Crippen LogP contribution < -0.4 is 5.32 Å². The van der Waals surface area contributed by atoms with E-state index in [4.69, 9.17) is 5.11 Å². The van der Waals surface area contributed by atoms with Gasteiger partial charge in [-0.3, -0.25) is 14.5 Å². The van der Waals surface area contributed by atoms with Gasteiger partial charge in [-0.05, 0) is 12.6 Å². The van der Waals surface area contributed by atoms with Crippen molar-refractivity contribution >= 4 is 11.9 Å². The van der Waals surface area contributed by atoms with E-state index in [0.717, 1.165) is 5.56 Å². The summed E-state index contributed by atoms with van der Waals surface area (Å²) in [4.78, 5) is 23.3. The van der Waals surface area contributed by atoms with Crippen molar-refractivity contribution in [3.8, 4) is 0 Å². The molecule has 1 rings (SSSR count). The quantitative estimate of drug-likeness (QED) is 0.746. The summed E-state index contributed by atoms with van der Waals surface area (Å²) >= 11 is 0. The molecular formula is C12H16N2O3. The van der Waals surface area contributed by atoms with Crippen LogP contribution >= 0.6 is 0 Å². The number of amides is 1. The molecule has 5 heteroatoms. The number of benzene rings is 1. The Kier molecular flexibility index (Phi) is 5.16. The zero-order valence-corrected chi connectivity index (χ0v) is 9.72. The minimum Gasteiger partial charge on any atom is -0.480 e. The fourth-order valence-electron chi connectivity index (χ4n) is 1.38. The van der Waals surface area contributed by atoms with Gasteiger partial charge >= 0.3 is 5.97 Å². The second kappa shape index (κ2) is 6.65. The smallest absolute Gasteiger partial charge is 0.317 e. The number of nitrogens with one attached hydrogen (secondary N) is 1. The zero-order valence-electron chi connectivity index (χ0n) is 9.72. The molecule has 0 unspecified atom stereocenters. The van der Waals surface area contributed by atoms with Gasteiger partial charge in [-0.1, -0.05) is 30.3 Å². The maximum Gasteiger partial charge on any atom is 0.317 e. The highest BCUT2D eigenvalue weighted by molar-refractivity contribution is 5.78. The van der Waals surface area contributed by atoms with E-state index in [-0.39, 0.29) is 19.0 Å². The number of carbonyl (C=O) groups is 2. The molecule has 0 aliphatic rings. The summed E-state index contributed by atoms with van der Waals surface area (Å²) < 4.78 is 0. The van der Waals surface area contributed by atoms with Crippen molar-refractivity contribution < 1.29 is 14.7 Å². The number of carboxylic acid groups (broad SMARTS) is 1. The fraction of sp³-hybridized carbons (Fsp3) is 0.333. The Labute approximate surface area is 100 Å². The lowest BCUT2D eigenvalue weighted by Gasteiger charge is -2.13. The van der Waals surface area contributed by atoms with E-state index < -0.39 is 5.97 Å². The molecule has 17 heavy (non-hydrogen) atoms. The molecule has 1 amide bonds. The number of likely N-dealkylation sites (N-methyl/N-ethyl adjacent to an activating group) is 1. The summed E-state index contributed by atoms with van der Waals surface area (Å²) in [6.45, 7) is 0.401. The molecule has 1 aromatic rings. The van der Waals surface area contributed by atoms with Gasteiger partial charge in [0.1, 0.15) is 0 Å². The molecule has 0 saturated carbocycles. The largest absolute Gasteiger partial charge is 0.480 e. The molecule has 0 aliphatic carbocycles. The Morgan fingerprint density at radius 3 is 2.47 bits per heavy atom. The first-order valence-corrected chi connectivity index (χ1v) is 5.29. The van der Waals surface area contributed by atoms with Gasteiger partial charge in [-0.2, -0.15) is 0 Å². The predicted octanol–water partition coefficient (Wildman–Crippen LogP) is 0.319. The lowest BCUT2D eigenvalue weighted by atomic mass is 10.2. The normalized spacial score (nSPS) is 10.2. The van der Waals surface area contributed by atoms with Gasteiger partial charge in [0.2, 0.25) is 5.91 Å². The number of nitrogens with zero attached hydrogens (tertiary/aromatic N) is 1. The Morgan fingerprint density at radius 1 is 1.24 bits per heavy atom. The van der Waals surface area contributed by atoms with E-state index in [1.807, 2.05) is 30.3 Å². The summed E-state index contributed by atoms with van der Waals surface area (Å²) in [7, 11) is 1.59. The van der Waals surface area contributed by atoms with Crippen LogP contribution in [0.4, 0.5) is 0 Å². The van der Waals surface area contributed by atoms with Crippen LogP contribution in [0.1, 0.15) is 5.56 Å². The topological polar surface area (TPSA) is 69.6 Å². The molecule has 5 nitrogen and oxygen atoms in total. The third-order valence-electron chi connectivity index (χ3n) is 2.15. The molecule has 0 atom stereocenters. The summed E-state index contributed by atoms with van der Waals surface area (Å²) in [5.74, 6) is -1.12. The van der Waals surface area contributed by atoms with E-state index >= 15 is 0 Å². The summed E-state index contributed by atoms with van der Waals surface area (Å²) in [5.41, 5.74) is 1.02. The monoisotopic (exact) mass is 236 g/mol. The molecule has 0 radical (unpaired) electrons. The van der Waals surface area contributed by atoms with Crippen LogP contribution in [0.25, 0.3) is 0 Å². The van der Waals surface area contributed by atoms with Gasteiger partial charge in [0.25, 0.3) is 0 Å². The fourth-order valence-corrected chi connectivity index (χ4v) is 1.38. The number of carbonyl (C=O) groups excluding carboxylic acids is 1. The number of hydrogen-bond acceptors (Lipinski definition) is 3. The predicted molar refractivity (Wildman–Crippen MR) is 63.4 cm³/mol. The number of hydrogen-bond donors (Lipinski definition) is 2. The maximum absolute atomic E-state index is 11.5. The molecular weight excluding hydrogens is 220 g/mol. The van der Waals surface area contributed by atoms with Crippen molar-refractivity contribution in [2.45, 2.75) is 6.54 Å². The molecule has 0 fully saturated rings. The molecule has 0 bridgehead atoms. The second-order valence-electron chi connectivity index (χ2n) is 3.83. The van der Waals surface area contributed by atoms with Crippen LogP contribution in [0.5, 0.6) is 0 Å². The van der Waals surface area contributed by atoms with Crippen molar-refractivity contribution in [1.29, 1.82) is 0 Å². The second-order valence-corrected chi connectivity index (χ2v) is 3.83. The van der Waals surface area contributed by atoms with Crippen molar-refractivity contribution in [2.24, 2.45) is 0 Å². The van der Waals surface area contributed by atoms with Crippen molar-refractivity contribution in [1.82, 2.24) is 10.2 Å². The average molecular weight is 236 g/mol. The summed E-state index contributed by atoms with van der Waals surface area (Å²) in [6.07, 6.45) is 0. The molecule has 0 spiro atoms. The first kappa shape index (κ1) is 13.2. The van der Waals surface area contributed by atoms with Crippen LogP contribution in [-0.2, 0) is 16.1 Å². The Balaban J connectivity index is 2.28. The highest BCUT2D eigenvalue weighted by Gasteiger charge is 2.08. The molecule has 92 valence electrons. The van der Waals surface area contributed by atoms with E-state index in [1.54, 1.807) is 7.05 Å². The van der Waals surface area contributed by atoms with Crippen LogP contribution in [0, 0.1) is 0 Å². The average Bonchev–Trinajstić information content (AvgIpc) is 2.26. The van der Waals surface area contributed by atoms with E-state index in [0.29, 0.717) is 6.54 Å². The number of aliphatic carboxylic acids is 1. The molecule has 0 saturated heterocycles. The van der Waals surface area contributed by atoms with Crippen molar-refractivity contribution in [3.63, 3.8) is 0 Å². The van der Waals surface area contributed by atoms with Gasteiger partial charge in [0.15, 0.2) is 0 Å². The first-order valence-electron chi connectivity index (χ1n) is 5.29. The molecule has 0 aromatic heterocycles. The Morgan fingerprint density at radius 2 is 1.88 bits per heavy atom. The van der Waals surface area contributed by atoms with Crippen molar-refractivity contribution in [3.05, 3.63) is 35.9 Å². The minimum absolute atomic E-state index is 0.0825. The van der Waals surface area contributed by atoms with Gasteiger partial charge < -0.3 is 10.4 Å². The van der Waals surface area contributed by atoms with Gasteiger partial charge in [-0.15, -0.1) is 0 Å². The third kappa shape index (κ3) is 5.67. The highest BCUT2D eigenvalue weighted by atomic mass is 16.4. The SMILES string of the molecule is CN(CC(=O)O)CC(=O)NCc1ccccc1. The van der Waals surface area contributed by atoms with Gasteiger partial charge in [0.05, 0.1) is 13.1 Å². The Hall–Kier alpha value is -1.88. The van der Waals surface area contributed by atoms with E-state index in [1.165, 1.54) is 4.90 Å². The van der Waals surface area contributed by atoms with Crippen LogP contribution in [0.3, 0.4) is 0 Å². The molecule has 0 aliphatic heterocycles. The summed E-state index contributed by atoms with van der Waals surface area (Å²) in [5, 5.41) is 11.3. The Bertz CT molecular complexity index is 379. The molecule has 0 heterocycles. The van der Waals surface area contributed by atoms with Crippen LogP contribution in [0.2, 0.25) is 0 Å². The van der Waals surface area contributed by atoms with Crippen LogP contribution in [-0.4, -0.2) is 42.0 Å². The first-order chi connectivity index (χ1) is 8.08. The van der Waals surface area contributed by atoms with E-state index in [9.17, 15) is 9.59 Å². The minimum atomic E-state index is -0.941. The summed E-state index contributed by atoms with van der Waals surface area (Å²) in [6, 6.07) is 9.55. The van der Waals surface area contributed by atoms with Gasteiger partial charge in [-0.25, -0.2) is 0 Å². The third-order valence-corrected chi connectivity index (χ3v) is 2.15. The highest BCUT2D eigenvalue weighted by Crippen LogP contribution is 1.97. The number of carboxylic acids is 1. The lowest BCUT2D eigenvalue weighted by Crippen LogP contribution is -2.37. The molecule has 2 N–H and O–H groups in total.